The van der Waals surface area contributed by atoms with Gasteiger partial charge in [0.1, 0.15) is 195 Å². The van der Waals surface area contributed by atoms with Gasteiger partial charge in [0, 0.05) is 11.5 Å². The molecule has 22 fully saturated rings. The molecule has 22 heterocycles. The maximum absolute atomic E-state index is 12.8. The van der Waals surface area contributed by atoms with Gasteiger partial charge >= 0.3 is 0 Å². The summed E-state index contributed by atoms with van der Waals surface area (Å²) in [5.74, 6) is 0.602. The Hall–Kier alpha value is -0.900. The first-order chi connectivity index (χ1) is 52.9. The fourth-order valence-electron chi connectivity index (χ4n) is 14.9. The average Bonchev–Trinajstić information content (AvgIpc) is 0.774. The van der Waals surface area contributed by atoms with Gasteiger partial charge in [-0.2, -0.15) is 11.8 Å². The Morgan fingerprint density at radius 2 is 0.536 bits per heavy atom. The van der Waals surface area contributed by atoms with Crippen LogP contribution in [-0.4, -0.2) is 446 Å². The fraction of sp³-hybridized carbons (Fsp3) is 1.00. The minimum atomic E-state index is -2.23. The first-order valence-electron chi connectivity index (χ1n) is 38.3. The molecule has 0 radical (unpaired) electrons. The summed E-state index contributed by atoms with van der Waals surface area (Å²) in [5, 5.41) is 258. The number of rotatable bonds is 32. The molecular formula is C68H120O40S2. The van der Waals surface area contributed by atoms with Gasteiger partial charge in [0.2, 0.25) is 0 Å². The highest BCUT2D eigenvalue weighted by Gasteiger charge is 2.60. The number of ether oxygens (including phenoxy) is 17. The predicted molar refractivity (Wildman–Crippen MR) is 370 cm³/mol. The zero-order valence-corrected chi connectivity index (χ0v) is 62.9. The van der Waals surface area contributed by atoms with Crippen molar-refractivity contribution >= 4 is 23.5 Å². The molecule has 0 aromatic carbocycles. The minimum Gasteiger partial charge on any atom is -0.394 e. The van der Waals surface area contributed by atoms with E-state index in [4.69, 9.17) is 80.5 Å². The predicted octanol–water partition coefficient (Wildman–Crippen LogP) is -9.43. The van der Waals surface area contributed by atoms with Crippen molar-refractivity contribution in [1.82, 2.24) is 0 Å². The van der Waals surface area contributed by atoms with Gasteiger partial charge in [-0.1, -0.05) is 90.4 Å². The lowest BCUT2D eigenvalue weighted by atomic mass is 9.95. The Kier molecular flexibility index (Phi) is 38.4. The topological polar surface area (TPSA) is 622 Å². The molecule has 0 unspecified atom stereocenters. The maximum atomic E-state index is 12.8. The van der Waals surface area contributed by atoms with Crippen LogP contribution in [0.2, 0.25) is 0 Å². The molecule has 22 aliphatic rings. The highest BCUT2D eigenvalue weighted by atomic mass is 32.2. The first-order valence-corrected chi connectivity index (χ1v) is 40.5. The minimum absolute atomic E-state index is 0.0392. The quantitative estimate of drug-likeness (QED) is 0.0278. The molecule has 110 heavy (non-hydrogen) atoms. The summed E-state index contributed by atoms with van der Waals surface area (Å²) in [5.41, 5.74) is -1.09. The van der Waals surface area contributed by atoms with E-state index in [2.05, 4.69) is 6.92 Å². The Bertz CT molecular complexity index is 2550. The van der Waals surface area contributed by atoms with Gasteiger partial charge in [-0.05, 0) is 12.2 Å². The van der Waals surface area contributed by atoms with Crippen molar-refractivity contribution in [3.05, 3.63) is 0 Å². The molecule has 22 rings (SSSR count). The lowest BCUT2D eigenvalue weighted by Gasteiger charge is -2.50. The second kappa shape index (κ2) is 45.5. The van der Waals surface area contributed by atoms with E-state index >= 15 is 0 Å². The van der Waals surface area contributed by atoms with E-state index < -0.39 is 298 Å². The summed E-state index contributed by atoms with van der Waals surface area (Å²) < 4.78 is 102. The number of hydrogen-bond acceptors (Lipinski definition) is 42. The van der Waals surface area contributed by atoms with Crippen molar-refractivity contribution in [3.63, 3.8) is 0 Å². The zero-order valence-electron chi connectivity index (χ0n) is 61.2. The van der Waals surface area contributed by atoms with Gasteiger partial charge in [-0.25, -0.2) is 0 Å². The van der Waals surface area contributed by atoms with Crippen LogP contribution in [0.5, 0.6) is 0 Å². The molecule has 0 amide bonds. The van der Waals surface area contributed by atoms with Crippen molar-refractivity contribution in [2.24, 2.45) is 0 Å². The van der Waals surface area contributed by atoms with Crippen LogP contribution >= 0.6 is 23.5 Å². The molecule has 0 aromatic heterocycles. The molecule has 42 heteroatoms. The molecule has 40 atom stereocenters. The van der Waals surface area contributed by atoms with Crippen molar-refractivity contribution in [2.45, 2.75) is 342 Å². The Morgan fingerprint density at radius 1 is 0.245 bits per heavy atom. The Balaban J connectivity index is 0.985. The second-order valence-electron chi connectivity index (χ2n) is 29.2. The number of thioether (sulfide) groups is 2. The molecule has 14 bridgehead atoms. The maximum Gasteiger partial charge on any atom is 0.187 e. The molecule has 0 spiro atoms. The molecule has 0 aliphatic carbocycles. The third-order valence-electron chi connectivity index (χ3n) is 21.4. The van der Waals surface area contributed by atoms with Crippen molar-refractivity contribution in [3.8, 4) is 0 Å². The summed E-state index contributed by atoms with van der Waals surface area (Å²) >= 11 is 2.35. The summed E-state index contributed by atoms with van der Waals surface area (Å²) in [7, 11) is 0. The molecule has 22 aliphatic heterocycles. The van der Waals surface area contributed by atoms with Crippen molar-refractivity contribution < 1.29 is 198 Å². The highest BCUT2D eigenvalue weighted by molar-refractivity contribution is 7.99. The fourth-order valence-corrected chi connectivity index (χ4v) is 17.0. The van der Waals surface area contributed by atoms with Gasteiger partial charge in [0.05, 0.1) is 72.2 Å². The van der Waals surface area contributed by atoms with Crippen LogP contribution in [0.25, 0.3) is 0 Å². The normalized spacial score (nSPS) is 46.6. The van der Waals surface area contributed by atoms with Crippen LogP contribution in [-0.2, 0) is 80.5 Å². The van der Waals surface area contributed by atoms with Crippen molar-refractivity contribution in [1.29, 1.82) is 0 Å². The van der Waals surface area contributed by atoms with E-state index in [1.165, 1.54) is 63.1 Å². The van der Waals surface area contributed by atoms with Gasteiger partial charge in [0.15, 0.2) is 44.0 Å². The molecule has 40 nitrogen and oxygen atoms in total. The van der Waals surface area contributed by atoms with Crippen LogP contribution in [0, 0.1) is 0 Å². The third kappa shape index (κ3) is 23.0. The van der Waals surface area contributed by atoms with E-state index in [0.29, 0.717) is 5.75 Å². The lowest BCUT2D eigenvalue weighted by Crippen LogP contribution is -2.68. The van der Waals surface area contributed by atoms with Crippen LogP contribution in [0.3, 0.4) is 0 Å². The van der Waals surface area contributed by atoms with Gasteiger partial charge in [0.25, 0.3) is 0 Å². The Labute approximate surface area is 644 Å². The highest BCUT2D eigenvalue weighted by Crippen LogP contribution is 2.41. The standard InChI is InChI=1S/C68H120O40S2/c1-2-3-4-5-6-7-8-9-10-11-12-13-14-15-19-109-28-36-59-52(91)60(93-17-16-92-18-20-110-68-51(90)38(77)37(76)29(21-69)101-68)67(100-36)108-58-35(27-75)99-65(50(89)44(58)83)106-56-33(25-73)97-63(48(87)42(56)81)104-54-31(23-71)95-61(46(85)40(54)79)102-53-30(22-70)94-62(45(84)39(53)78)103-55-32(24-72)96-64(47(86)41(55)80)105-57-34(26-74)98-66(107-59)49(88)43(57)82/h29-91H,2-28H2,1H3/t29-,30-,31-,32-,33-,34-,35-,36-,37+,38+,39-,40-,41-,42-,43-,44-,45-,46-,47-,48-,49-,50-,51-,52+,53-,54-,55-,56-,57-,58-,59-,60-,61-,62-,63-,64-,65-,66-,67-,68+/m1/s1. The molecule has 0 aromatic rings. The van der Waals surface area contributed by atoms with Crippen LogP contribution in [0.1, 0.15) is 96.8 Å². The summed E-state index contributed by atoms with van der Waals surface area (Å²) in [6.45, 7) is -5.50. The van der Waals surface area contributed by atoms with Crippen molar-refractivity contribution in [2.75, 3.05) is 83.3 Å². The van der Waals surface area contributed by atoms with E-state index in [9.17, 15) is 117 Å². The number of aliphatic hydroxyl groups excluding tert-OH is 23. The lowest BCUT2D eigenvalue weighted by molar-refractivity contribution is -0.396. The van der Waals surface area contributed by atoms with E-state index in [0.717, 1.165) is 50.3 Å². The number of unbranched alkanes of at least 4 members (excludes halogenated alkanes) is 13. The Morgan fingerprint density at radius 3 is 0.855 bits per heavy atom. The smallest absolute Gasteiger partial charge is 0.187 e. The SMILES string of the molecule is CCCCCCCCCCCCCCCCSC[C@H]1O[C@@H]2O[C@H]3[C@H](O)[C@@H](O)[C@@H](O[C@H]4[C@H](O)[C@@H](O)[C@@H](O[C@H]5[C@H](O)[C@@H](O)[C@@H](O[C@H]6[C@H](O)[C@@H](O)[C@@H](O[C@H]7[C@H](O)[C@@H](O)[C@@H](O[C@H]8[C@H](O)[C@@H](O)[C@@H](O[C@H]1[C@H](O)[C@H]2OCCOCCS[C@@H]1O[C@H](CO)[C@H](O)[C@H](O)[C@H]1O)O[C@@H]8CO)O[C@@H]7CO)O[C@@H]6CO)O[C@@H]5CO)O[C@@H]4CO)O[C@@H]3CO. The van der Waals surface area contributed by atoms with Gasteiger partial charge in [-0.3, -0.25) is 0 Å². The second-order valence-corrected chi connectivity index (χ2v) is 31.5. The number of hydrogen-bond donors (Lipinski definition) is 23. The van der Waals surface area contributed by atoms with E-state index in [1.54, 1.807) is 0 Å². The van der Waals surface area contributed by atoms with Gasteiger partial charge < -0.3 is 198 Å². The monoisotopic (exact) mass is 1640 g/mol. The summed E-state index contributed by atoms with van der Waals surface area (Å²) in [6, 6.07) is 0. The molecule has 23 N–H and O–H groups in total. The first kappa shape index (κ1) is 93.0. The molecule has 22 saturated heterocycles. The van der Waals surface area contributed by atoms with Crippen LogP contribution in [0.15, 0.2) is 0 Å². The van der Waals surface area contributed by atoms with Crippen LogP contribution in [0.4, 0.5) is 0 Å². The largest absolute Gasteiger partial charge is 0.394 e. The molecule has 0 saturated carbocycles. The molecular weight excluding hydrogens is 1520 g/mol. The van der Waals surface area contributed by atoms with Crippen LogP contribution < -0.4 is 0 Å². The van der Waals surface area contributed by atoms with E-state index in [-0.39, 0.29) is 24.7 Å². The summed E-state index contributed by atoms with van der Waals surface area (Å²) in [6.07, 6.45) is -59.5. The third-order valence-corrected chi connectivity index (χ3v) is 23.7. The van der Waals surface area contributed by atoms with E-state index in [1.807, 2.05) is 0 Å². The molecule has 644 valence electrons. The average molecular weight is 1640 g/mol. The number of aliphatic hydroxyl groups is 23. The summed E-state index contributed by atoms with van der Waals surface area (Å²) in [4.78, 5) is 0. The van der Waals surface area contributed by atoms with Gasteiger partial charge in [-0.15, -0.1) is 11.8 Å². The zero-order chi connectivity index (χ0) is 79.6.